The molecule has 0 aliphatic rings. The molecule has 0 radical (unpaired) electrons. The normalized spacial score (nSPS) is 10.8. The molecule has 0 saturated carbocycles. The predicted molar refractivity (Wildman–Crippen MR) is 55.9 cm³/mol. The maximum atomic E-state index is 3.94. The minimum Gasteiger partial charge on any atom is -0.378 e. The fourth-order valence-corrected chi connectivity index (χ4v) is 0.545. The van der Waals surface area contributed by atoms with Crippen LogP contribution in [0.3, 0.4) is 0 Å². The van der Waals surface area contributed by atoms with Gasteiger partial charge in [-0.1, -0.05) is 38.7 Å². The van der Waals surface area contributed by atoms with E-state index >= 15 is 0 Å². The minimum atomic E-state index is 0.510. The van der Waals surface area contributed by atoms with Crippen LogP contribution >= 0.6 is 0 Å². The number of allylic oxidation sites excluding steroid dienone is 3. The minimum absolute atomic E-state index is 0.510. The van der Waals surface area contributed by atoms with Crippen LogP contribution in [0.4, 0.5) is 0 Å². The molecule has 0 aromatic rings. The van der Waals surface area contributed by atoms with Gasteiger partial charge in [-0.25, -0.2) is 0 Å². The molecule has 0 N–H and O–H groups in total. The molecule has 0 aromatic carbocycles. The molecule has 1 heteroatoms. The molecule has 0 heterocycles. The molecular weight excluding hydrogens is 146 g/mol. The Morgan fingerprint density at radius 3 is 2.00 bits per heavy atom. The summed E-state index contributed by atoms with van der Waals surface area (Å²) >= 11 is 0. The molecule has 0 aliphatic heterocycles. The summed E-state index contributed by atoms with van der Waals surface area (Å²) in [4.78, 5) is 1.98. The third kappa shape index (κ3) is 4.02. The van der Waals surface area contributed by atoms with Gasteiger partial charge in [-0.15, -0.1) is 0 Å². The van der Waals surface area contributed by atoms with Crippen LogP contribution < -0.4 is 0 Å². The number of nitrogens with zero attached hydrogens (tertiary/aromatic N) is 1. The first-order valence-corrected chi connectivity index (χ1v) is 4.18. The van der Waals surface area contributed by atoms with Gasteiger partial charge in [-0.05, 0) is 12.0 Å². The molecule has 68 valence electrons. The predicted octanol–water partition coefficient (Wildman–Crippen LogP) is 2.83. The summed E-state index contributed by atoms with van der Waals surface area (Å²) in [6, 6.07) is 0. The zero-order chi connectivity index (χ0) is 9.72. The molecule has 0 rings (SSSR count). The van der Waals surface area contributed by atoms with E-state index in [-0.39, 0.29) is 0 Å². The Kier molecular flexibility index (Phi) is 4.42. The fourth-order valence-electron chi connectivity index (χ4n) is 0.545. The molecular formula is C11H19N. The van der Waals surface area contributed by atoms with Gasteiger partial charge < -0.3 is 4.90 Å². The molecule has 0 aliphatic carbocycles. The van der Waals surface area contributed by atoms with Crippen molar-refractivity contribution >= 4 is 0 Å². The Balaban J connectivity index is 4.08. The zero-order valence-corrected chi connectivity index (χ0v) is 8.59. The van der Waals surface area contributed by atoms with E-state index in [9.17, 15) is 0 Å². The second kappa shape index (κ2) is 4.81. The lowest BCUT2D eigenvalue weighted by Gasteiger charge is -2.11. The first kappa shape index (κ1) is 11.0. The van der Waals surface area contributed by atoms with Gasteiger partial charge in [0.05, 0.1) is 0 Å². The van der Waals surface area contributed by atoms with Gasteiger partial charge in [0.25, 0.3) is 0 Å². The molecule has 0 spiro atoms. The quantitative estimate of drug-likeness (QED) is 0.579. The van der Waals surface area contributed by atoms with Crippen molar-refractivity contribution in [3.63, 3.8) is 0 Å². The lowest BCUT2D eigenvalue weighted by Crippen LogP contribution is -2.07. The lowest BCUT2D eigenvalue weighted by molar-refractivity contribution is 0.532. The van der Waals surface area contributed by atoms with Crippen molar-refractivity contribution < 1.29 is 0 Å². The molecule has 0 bridgehead atoms. The van der Waals surface area contributed by atoms with Crippen LogP contribution in [0.15, 0.2) is 36.6 Å². The van der Waals surface area contributed by atoms with Gasteiger partial charge in [0.1, 0.15) is 0 Å². The van der Waals surface area contributed by atoms with E-state index in [2.05, 4.69) is 27.0 Å². The van der Waals surface area contributed by atoms with Crippen LogP contribution in [-0.2, 0) is 0 Å². The van der Waals surface area contributed by atoms with Gasteiger partial charge in [-0.2, -0.15) is 0 Å². The highest BCUT2D eigenvalue weighted by atomic mass is 15.1. The summed E-state index contributed by atoms with van der Waals surface area (Å²) in [6.45, 7) is 12.1. The fraction of sp³-hybridized carbons (Fsp3) is 0.455. The third-order valence-corrected chi connectivity index (χ3v) is 1.81. The highest BCUT2D eigenvalue weighted by Gasteiger charge is 1.95. The van der Waals surface area contributed by atoms with Crippen molar-refractivity contribution in [1.82, 2.24) is 4.90 Å². The van der Waals surface area contributed by atoms with Gasteiger partial charge >= 0.3 is 0 Å². The summed E-state index contributed by atoms with van der Waals surface area (Å²) < 4.78 is 0. The van der Waals surface area contributed by atoms with Gasteiger partial charge in [0.15, 0.2) is 0 Å². The molecule has 12 heavy (non-hydrogen) atoms. The van der Waals surface area contributed by atoms with E-state index in [0.717, 1.165) is 11.3 Å². The van der Waals surface area contributed by atoms with Crippen molar-refractivity contribution in [3.05, 3.63) is 36.6 Å². The van der Waals surface area contributed by atoms with E-state index in [4.69, 9.17) is 0 Å². The van der Waals surface area contributed by atoms with Crippen LogP contribution in [0.2, 0.25) is 0 Å². The molecule has 0 fully saturated rings. The van der Waals surface area contributed by atoms with Crippen molar-refractivity contribution in [2.75, 3.05) is 14.1 Å². The number of rotatable bonds is 4. The number of hydrogen-bond acceptors (Lipinski definition) is 1. The van der Waals surface area contributed by atoms with Gasteiger partial charge in [0, 0.05) is 19.8 Å². The van der Waals surface area contributed by atoms with Crippen LogP contribution in [0.1, 0.15) is 13.8 Å². The van der Waals surface area contributed by atoms with Crippen molar-refractivity contribution in [2.45, 2.75) is 13.8 Å². The van der Waals surface area contributed by atoms with E-state index in [1.165, 1.54) is 0 Å². The van der Waals surface area contributed by atoms with Gasteiger partial charge in [0.2, 0.25) is 0 Å². The Morgan fingerprint density at radius 1 is 1.17 bits per heavy atom. The van der Waals surface area contributed by atoms with Crippen molar-refractivity contribution in [3.8, 4) is 0 Å². The maximum absolute atomic E-state index is 3.94. The SMILES string of the molecule is C=C(/C=C\C(=C)N(C)C)C(C)C. The first-order valence-electron chi connectivity index (χ1n) is 4.18. The molecule has 1 nitrogen and oxygen atoms in total. The van der Waals surface area contributed by atoms with E-state index < -0.39 is 0 Å². The summed E-state index contributed by atoms with van der Waals surface area (Å²) in [5.74, 6) is 0.510. The van der Waals surface area contributed by atoms with E-state index in [1.54, 1.807) is 0 Å². The van der Waals surface area contributed by atoms with Crippen LogP contribution in [0.25, 0.3) is 0 Å². The van der Waals surface area contributed by atoms with Crippen molar-refractivity contribution in [1.29, 1.82) is 0 Å². The molecule has 0 unspecified atom stereocenters. The van der Waals surface area contributed by atoms with Crippen LogP contribution in [0, 0.1) is 5.92 Å². The second-order valence-electron chi connectivity index (χ2n) is 3.45. The van der Waals surface area contributed by atoms with Crippen LogP contribution in [0.5, 0.6) is 0 Å². The third-order valence-electron chi connectivity index (χ3n) is 1.81. The number of hydrogen-bond donors (Lipinski definition) is 0. The standard InChI is InChI=1S/C11H19N/c1-9(2)10(3)7-8-11(4)12(5)6/h7-9H,3-4H2,1-2,5-6H3/b8-7-. The Hall–Kier alpha value is -0.980. The summed E-state index contributed by atoms with van der Waals surface area (Å²) in [5.41, 5.74) is 2.13. The smallest absolute Gasteiger partial charge is 0.0288 e. The van der Waals surface area contributed by atoms with Gasteiger partial charge in [-0.3, -0.25) is 0 Å². The lowest BCUT2D eigenvalue weighted by atomic mass is 10.1. The van der Waals surface area contributed by atoms with E-state index in [1.807, 2.05) is 31.1 Å². The average molecular weight is 165 g/mol. The highest BCUT2D eigenvalue weighted by molar-refractivity contribution is 5.24. The molecule has 0 atom stereocenters. The summed E-state index contributed by atoms with van der Waals surface area (Å²) in [5, 5.41) is 0. The molecule has 0 aromatic heterocycles. The van der Waals surface area contributed by atoms with Crippen molar-refractivity contribution in [2.24, 2.45) is 5.92 Å². The number of likely N-dealkylation sites (N-methyl/N-ethyl adjacent to an activating group) is 1. The molecule has 0 amide bonds. The zero-order valence-electron chi connectivity index (χ0n) is 8.59. The van der Waals surface area contributed by atoms with E-state index in [0.29, 0.717) is 5.92 Å². The highest BCUT2D eigenvalue weighted by Crippen LogP contribution is 2.09. The Bertz CT molecular complexity index is 175. The average Bonchev–Trinajstić information content (AvgIpc) is 1.98. The first-order chi connectivity index (χ1) is 5.45. The topological polar surface area (TPSA) is 3.24 Å². The van der Waals surface area contributed by atoms with Crippen LogP contribution in [-0.4, -0.2) is 19.0 Å². The Labute approximate surface area is 76.1 Å². The monoisotopic (exact) mass is 165 g/mol. The summed E-state index contributed by atoms with van der Waals surface area (Å²) in [7, 11) is 3.95. The largest absolute Gasteiger partial charge is 0.378 e. The molecule has 0 saturated heterocycles. The Morgan fingerprint density at radius 2 is 1.67 bits per heavy atom. The maximum Gasteiger partial charge on any atom is 0.0288 e. The summed E-state index contributed by atoms with van der Waals surface area (Å²) in [6.07, 6.45) is 4.01. The second-order valence-corrected chi connectivity index (χ2v) is 3.45.